The van der Waals surface area contributed by atoms with Crippen LogP contribution in [-0.2, 0) is 29.1 Å². The Labute approximate surface area is 219 Å². The van der Waals surface area contributed by atoms with E-state index in [0.717, 1.165) is 40.8 Å². The third-order valence-corrected chi connectivity index (χ3v) is 7.75. The average Bonchev–Trinajstić information content (AvgIpc) is 3.27. The smallest absolute Gasteiger partial charge is 0.256 e. The summed E-state index contributed by atoms with van der Waals surface area (Å²) in [6.07, 6.45) is 3.77. The Hall–Kier alpha value is -3.48. The quantitative estimate of drug-likeness (QED) is 0.264. The summed E-state index contributed by atoms with van der Waals surface area (Å²) >= 11 is 0. The summed E-state index contributed by atoms with van der Waals surface area (Å²) in [5.74, 6) is -0.414. The van der Waals surface area contributed by atoms with Gasteiger partial charge in [-0.3, -0.25) is 13.8 Å². The predicted octanol–water partition coefficient (Wildman–Crippen LogP) is 5.46. The van der Waals surface area contributed by atoms with E-state index in [1.54, 1.807) is 47.3 Å². The van der Waals surface area contributed by atoms with Crippen molar-refractivity contribution in [3.63, 3.8) is 0 Å². The van der Waals surface area contributed by atoms with E-state index in [4.69, 9.17) is 0 Å². The monoisotopic (exact) mass is 533 g/mol. The Morgan fingerprint density at radius 3 is 2.54 bits per heavy atom. The first kappa shape index (κ1) is 25.2. The van der Waals surface area contributed by atoms with Crippen molar-refractivity contribution < 1.29 is 18.2 Å². The third-order valence-electron chi connectivity index (χ3n) is 6.50. The molecule has 0 fully saturated rings. The van der Waals surface area contributed by atoms with Crippen molar-refractivity contribution in [1.29, 1.82) is 0 Å². The van der Waals surface area contributed by atoms with Gasteiger partial charge in [-0.1, -0.05) is 33.5 Å². The van der Waals surface area contributed by atoms with Gasteiger partial charge in [-0.25, -0.2) is 9.07 Å². The lowest BCUT2D eigenvalue weighted by Crippen LogP contribution is -2.18. The second-order valence-electron chi connectivity index (χ2n) is 9.14. The fourth-order valence-corrected chi connectivity index (χ4v) is 5.48. The van der Waals surface area contributed by atoms with Crippen molar-refractivity contribution in [2.24, 2.45) is 0 Å². The molecule has 0 aliphatic heterocycles. The lowest BCUT2D eigenvalue weighted by Gasteiger charge is -2.21. The van der Waals surface area contributed by atoms with E-state index in [2.05, 4.69) is 19.7 Å². The fourth-order valence-electron chi connectivity index (χ4n) is 4.71. The topological polar surface area (TPSA) is 81.1 Å². The highest BCUT2D eigenvalue weighted by Crippen LogP contribution is 2.39. The van der Waals surface area contributed by atoms with Crippen LogP contribution in [0.5, 0.6) is 0 Å². The van der Waals surface area contributed by atoms with Gasteiger partial charge >= 0.3 is 0 Å². The minimum absolute atomic E-state index is 0.252. The molecule has 0 saturated heterocycles. The molecule has 188 valence electrons. The number of anilines is 1. The highest BCUT2D eigenvalue weighted by atomic mass is 32.2. The maximum absolute atomic E-state index is 14.7. The summed E-state index contributed by atoms with van der Waals surface area (Å²) < 4.78 is 28.3. The number of aryl methyl sites for hydroxylation is 1. The molecule has 0 bridgehead atoms. The average molecular weight is 534 g/mol. The standard InChI is InChI=1S/C28H25FN3O3PS/c1-28(29,36)24-6-4-3-5-21(24)27(34)30-18-9-7-17-8-14-22-25(16-33)31-32(26(22)23(17)15-18)19-10-12-20(13-11-19)37(2)35/h3-7,9-13,15-16H,8,14,36H2,1-2H3,(H,30,34). The number of rotatable bonds is 6. The van der Waals surface area contributed by atoms with E-state index in [-0.39, 0.29) is 11.1 Å². The van der Waals surface area contributed by atoms with E-state index < -0.39 is 22.1 Å². The lowest BCUT2D eigenvalue weighted by atomic mass is 9.88. The van der Waals surface area contributed by atoms with Gasteiger partial charge in [0.15, 0.2) is 6.29 Å². The van der Waals surface area contributed by atoms with Crippen LogP contribution in [0.4, 0.5) is 10.1 Å². The van der Waals surface area contributed by atoms with Gasteiger partial charge in [0, 0.05) is 49.9 Å². The van der Waals surface area contributed by atoms with Gasteiger partial charge in [0.05, 0.1) is 11.4 Å². The summed E-state index contributed by atoms with van der Waals surface area (Å²) in [5, 5.41) is 5.72. The van der Waals surface area contributed by atoms with Crippen LogP contribution in [0.25, 0.3) is 16.9 Å². The van der Waals surface area contributed by atoms with Crippen LogP contribution >= 0.6 is 9.24 Å². The van der Waals surface area contributed by atoms with Crippen molar-refractivity contribution in [3.05, 3.63) is 94.7 Å². The van der Waals surface area contributed by atoms with Crippen LogP contribution in [0.2, 0.25) is 0 Å². The Bertz CT molecular complexity index is 1560. The van der Waals surface area contributed by atoms with Gasteiger partial charge in [0.1, 0.15) is 11.1 Å². The molecule has 0 saturated carbocycles. The number of nitrogens with one attached hydrogen (secondary N) is 1. The number of hydrogen-bond donors (Lipinski definition) is 1. The molecule has 1 amide bonds. The number of nitrogens with zero attached hydrogens (tertiary/aromatic N) is 2. The van der Waals surface area contributed by atoms with E-state index in [9.17, 15) is 18.2 Å². The van der Waals surface area contributed by atoms with Crippen LogP contribution in [0.3, 0.4) is 0 Å². The number of carbonyl (C=O) groups is 2. The number of benzene rings is 3. The molecule has 1 heterocycles. The van der Waals surface area contributed by atoms with Crippen LogP contribution in [-0.4, -0.2) is 32.4 Å². The number of halogens is 1. The zero-order chi connectivity index (χ0) is 26.3. The van der Waals surface area contributed by atoms with Gasteiger partial charge in [0.25, 0.3) is 5.91 Å². The lowest BCUT2D eigenvalue weighted by molar-refractivity contribution is 0.102. The van der Waals surface area contributed by atoms with Gasteiger partial charge < -0.3 is 5.32 Å². The summed E-state index contributed by atoms with van der Waals surface area (Å²) in [4.78, 5) is 25.7. The zero-order valence-corrected chi connectivity index (χ0v) is 22.3. The summed E-state index contributed by atoms with van der Waals surface area (Å²) in [6, 6.07) is 19.5. The molecule has 3 aromatic carbocycles. The molecule has 37 heavy (non-hydrogen) atoms. The second-order valence-corrected chi connectivity index (χ2v) is 11.6. The molecule has 1 aliphatic carbocycles. The van der Waals surface area contributed by atoms with Gasteiger partial charge in [-0.15, -0.1) is 0 Å². The third kappa shape index (κ3) is 4.79. The van der Waals surface area contributed by atoms with Crippen molar-refractivity contribution in [2.45, 2.75) is 30.1 Å². The number of carbonyl (C=O) groups excluding carboxylic acids is 2. The summed E-state index contributed by atoms with van der Waals surface area (Å²) in [7, 11) is 1.02. The number of hydrogen-bond acceptors (Lipinski definition) is 4. The van der Waals surface area contributed by atoms with Gasteiger partial charge in [-0.05, 0) is 67.8 Å². The molecule has 5 rings (SSSR count). The largest absolute Gasteiger partial charge is 0.322 e. The van der Waals surface area contributed by atoms with Crippen LogP contribution in [0.15, 0.2) is 71.6 Å². The fraction of sp³-hybridized carbons (Fsp3) is 0.179. The summed E-state index contributed by atoms with van der Waals surface area (Å²) in [5.41, 5.74) is 5.74. The predicted molar refractivity (Wildman–Crippen MR) is 147 cm³/mol. The van der Waals surface area contributed by atoms with Gasteiger partial charge in [0.2, 0.25) is 0 Å². The van der Waals surface area contributed by atoms with Crippen LogP contribution < -0.4 is 5.32 Å². The van der Waals surface area contributed by atoms with E-state index >= 15 is 0 Å². The van der Waals surface area contributed by atoms with Crippen molar-refractivity contribution in [3.8, 4) is 16.9 Å². The van der Waals surface area contributed by atoms with Crippen molar-refractivity contribution in [2.75, 3.05) is 11.6 Å². The molecule has 6 nitrogen and oxygen atoms in total. The SMILES string of the molecule is CS(=O)c1ccc(-n2nc(C=O)c3c2-c2cc(NC(=O)c4ccccc4C(C)(F)P)ccc2CC3)cc1. The normalized spacial score (nSPS) is 14.7. The first-order valence-corrected chi connectivity index (χ1v) is 13.8. The molecule has 1 aromatic heterocycles. The Balaban J connectivity index is 1.56. The van der Waals surface area contributed by atoms with E-state index in [1.165, 1.54) is 6.92 Å². The van der Waals surface area contributed by atoms with E-state index in [0.29, 0.717) is 22.7 Å². The molecule has 3 unspecified atom stereocenters. The number of aromatic nitrogens is 2. The number of aldehydes is 1. The van der Waals surface area contributed by atoms with Crippen molar-refractivity contribution in [1.82, 2.24) is 9.78 Å². The maximum atomic E-state index is 14.7. The summed E-state index contributed by atoms with van der Waals surface area (Å²) in [6.45, 7) is 1.39. The molecule has 1 aliphatic rings. The van der Waals surface area contributed by atoms with E-state index in [1.807, 2.05) is 30.3 Å². The van der Waals surface area contributed by atoms with Gasteiger partial charge in [-0.2, -0.15) is 5.10 Å². The molecular formula is C28H25FN3O3PS. The molecule has 9 heteroatoms. The second kappa shape index (κ2) is 9.77. The highest BCUT2D eigenvalue weighted by molar-refractivity contribution is 7.84. The minimum Gasteiger partial charge on any atom is -0.322 e. The molecule has 1 N–H and O–H groups in total. The zero-order valence-electron chi connectivity index (χ0n) is 20.3. The Morgan fingerprint density at radius 2 is 1.86 bits per heavy atom. The Morgan fingerprint density at radius 1 is 1.14 bits per heavy atom. The molecule has 0 spiro atoms. The van der Waals surface area contributed by atoms with Crippen LogP contribution in [0.1, 0.15) is 44.5 Å². The number of amides is 1. The maximum Gasteiger partial charge on any atom is 0.256 e. The Kier molecular flexibility index (Phi) is 6.65. The highest BCUT2D eigenvalue weighted by Gasteiger charge is 2.28. The number of alkyl halides is 1. The molecular weight excluding hydrogens is 508 g/mol. The molecule has 0 radical (unpaired) electrons. The first-order chi connectivity index (χ1) is 17.7. The number of fused-ring (bicyclic) bond motifs is 3. The van der Waals surface area contributed by atoms with Crippen LogP contribution in [0, 0.1) is 0 Å². The molecule has 3 atom stereocenters. The minimum atomic E-state index is -1.75. The van der Waals surface area contributed by atoms with Crippen molar-refractivity contribution >= 4 is 37.9 Å². The molecule has 4 aromatic rings. The first-order valence-electron chi connectivity index (χ1n) is 11.7.